The zero-order chi connectivity index (χ0) is 13.1. The summed E-state index contributed by atoms with van der Waals surface area (Å²) in [5.41, 5.74) is 2.05. The molecule has 3 heteroatoms. The summed E-state index contributed by atoms with van der Waals surface area (Å²) in [5.74, 6) is -0.752. The van der Waals surface area contributed by atoms with Crippen molar-refractivity contribution in [2.24, 2.45) is 0 Å². The van der Waals surface area contributed by atoms with E-state index < -0.39 is 0 Å². The molecule has 0 amide bonds. The lowest BCUT2D eigenvalue weighted by Gasteiger charge is -2.11. The van der Waals surface area contributed by atoms with Crippen LogP contribution in [0.25, 0.3) is 0 Å². The number of halogens is 1. The van der Waals surface area contributed by atoms with E-state index >= 15 is 0 Å². The highest BCUT2D eigenvalue weighted by atomic mass is 19.1. The fourth-order valence-corrected chi connectivity index (χ4v) is 1.93. The molecule has 2 aromatic rings. The third-order valence-electron chi connectivity index (χ3n) is 2.93. The summed E-state index contributed by atoms with van der Waals surface area (Å²) >= 11 is 0. The van der Waals surface area contributed by atoms with Gasteiger partial charge in [-0.2, -0.15) is 0 Å². The number of aromatic nitrogens is 1. The van der Waals surface area contributed by atoms with Crippen molar-refractivity contribution in [1.29, 1.82) is 0 Å². The molecule has 0 fully saturated rings. The highest BCUT2D eigenvalue weighted by Crippen LogP contribution is 2.21. The van der Waals surface area contributed by atoms with Crippen LogP contribution in [0.15, 0.2) is 42.7 Å². The Hall–Kier alpha value is -2.03. The average Bonchev–Trinajstić information content (AvgIpc) is 2.37. The molecule has 0 N–H and O–H groups in total. The standard InChI is InChI=1S/C15H14FNO/c1-10-7-13(9-14(16)8-10)15(18)11(2)12-3-5-17-6-4-12/h3-9,11H,1-2H3. The Balaban J connectivity index is 2.31. The lowest BCUT2D eigenvalue weighted by molar-refractivity contribution is 0.0965. The molecule has 0 spiro atoms. The molecule has 0 aliphatic heterocycles. The molecule has 1 heterocycles. The fourth-order valence-electron chi connectivity index (χ4n) is 1.93. The monoisotopic (exact) mass is 243 g/mol. The lowest BCUT2D eigenvalue weighted by Crippen LogP contribution is -2.10. The SMILES string of the molecule is Cc1cc(F)cc(C(=O)C(C)c2ccncc2)c1. The molecule has 2 nitrogen and oxygen atoms in total. The van der Waals surface area contributed by atoms with Crippen LogP contribution in [0.5, 0.6) is 0 Å². The molecule has 0 aliphatic carbocycles. The molecule has 2 rings (SSSR count). The second kappa shape index (κ2) is 5.08. The van der Waals surface area contributed by atoms with Gasteiger partial charge in [0.15, 0.2) is 5.78 Å². The van der Waals surface area contributed by atoms with E-state index in [1.807, 2.05) is 6.92 Å². The number of rotatable bonds is 3. The Morgan fingerprint density at radius 2 is 1.89 bits per heavy atom. The average molecular weight is 243 g/mol. The van der Waals surface area contributed by atoms with E-state index in [0.717, 1.165) is 11.1 Å². The van der Waals surface area contributed by atoms with E-state index in [9.17, 15) is 9.18 Å². The maximum Gasteiger partial charge on any atom is 0.170 e. The molecule has 1 aromatic heterocycles. The first kappa shape index (κ1) is 12.4. The van der Waals surface area contributed by atoms with Gasteiger partial charge in [0.1, 0.15) is 5.82 Å². The highest BCUT2D eigenvalue weighted by molar-refractivity contribution is 6.00. The number of nitrogens with zero attached hydrogens (tertiary/aromatic N) is 1. The molecule has 0 bridgehead atoms. The molecule has 0 aliphatic rings. The number of carbonyl (C=O) groups is 1. The molecule has 1 atom stereocenters. The van der Waals surface area contributed by atoms with E-state index in [2.05, 4.69) is 4.98 Å². The molecule has 0 saturated heterocycles. The van der Waals surface area contributed by atoms with Crippen molar-refractivity contribution in [2.75, 3.05) is 0 Å². The summed E-state index contributed by atoms with van der Waals surface area (Å²) in [7, 11) is 0. The molecular weight excluding hydrogens is 229 g/mol. The highest BCUT2D eigenvalue weighted by Gasteiger charge is 2.17. The van der Waals surface area contributed by atoms with Crippen molar-refractivity contribution in [3.8, 4) is 0 Å². The molecule has 0 radical (unpaired) electrons. The number of benzene rings is 1. The van der Waals surface area contributed by atoms with Crippen LogP contribution in [-0.2, 0) is 0 Å². The minimum atomic E-state index is -0.375. The van der Waals surface area contributed by atoms with Gasteiger partial charge >= 0.3 is 0 Å². The molecule has 0 saturated carbocycles. The van der Waals surface area contributed by atoms with Crippen LogP contribution in [0, 0.1) is 12.7 Å². The van der Waals surface area contributed by atoms with E-state index in [4.69, 9.17) is 0 Å². The van der Waals surface area contributed by atoms with Crippen LogP contribution in [0.1, 0.15) is 34.3 Å². The predicted octanol–water partition coefficient (Wildman–Crippen LogP) is 3.52. The maximum atomic E-state index is 13.3. The van der Waals surface area contributed by atoms with E-state index in [-0.39, 0.29) is 17.5 Å². The Morgan fingerprint density at radius 3 is 2.50 bits per heavy atom. The minimum absolute atomic E-state index is 0.0798. The van der Waals surface area contributed by atoms with Gasteiger partial charge in [-0.3, -0.25) is 9.78 Å². The quantitative estimate of drug-likeness (QED) is 0.772. The molecule has 1 unspecified atom stereocenters. The maximum absolute atomic E-state index is 13.3. The smallest absolute Gasteiger partial charge is 0.170 e. The van der Waals surface area contributed by atoms with Crippen LogP contribution in [0.4, 0.5) is 4.39 Å². The van der Waals surface area contributed by atoms with E-state index in [1.54, 1.807) is 37.5 Å². The van der Waals surface area contributed by atoms with Crippen molar-refractivity contribution in [3.63, 3.8) is 0 Å². The minimum Gasteiger partial charge on any atom is -0.294 e. The van der Waals surface area contributed by atoms with E-state index in [1.165, 1.54) is 12.1 Å². The Morgan fingerprint density at radius 1 is 1.22 bits per heavy atom. The van der Waals surface area contributed by atoms with Gasteiger partial charge in [0.05, 0.1) is 0 Å². The molecule has 18 heavy (non-hydrogen) atoms. The van der Waals surface area contributed by atoms with Crippen LogP contribution in [0.3, 0.4) is 0 Å². The normalized spacial score (nSPS) is 12.2. The van der Waals surface area contributed by atoms with Crippen LogP contribution >= 0.6 is 0 Å². The Kier molecular flexibility index (Phi) is 3.51. The number of hydrogen-bond donors (Lipinski definition) is 0. The number of aryl methyl sites for hydroxylation is 1. The molecular formula is C15H14FNO. The summed E-state index contributed by atoms with van der Waals surface area (Å²) in [4.78, 5) is 16.2. The van der Waals surface area contributed by atoms with Gasteiger partial charge in [-0.15, -0.1) is 0 Å². The molecule has 1 aromatic carbocycles. The van der Waals surface area contributed by atoms with Crippen molar-refractivity contribution < 1.29 is 9.18 Å². The number of Topliss-reactive ketones (excluding diaryl/α,β-unsaturated/α-hetero) is 1. The first-order chi connectivity index (χ1) is 8.58. The fraction of sp³-hybridized carbons (Fsp3) is 0.200. The first-order valence-electron chi connectivity index (χ1n) is 5.79. The second-order valence-electron chi connectivity index (χ2n) is 4.38. The lowest BCUT2D eigenvalue weighted by atomic mass is 9.92. The summed E-state index contributed by atoms with van der Waals surface area (Å²) in [6, 6.07) is 8.01. The predicted molar refractivity (Wildman–Crippen MR) is 68.1 cm³/mol. The van der Waals surface area contributed by atoms with Gasteiger partial charge in [-0.05, 0) is 48.4 Å². The summed E-state index contributed by atoms with van der Waals surface area (Å²) in [6.07, 6.45) is 3.30. The van der Waals surface area contributed by atoms with Gasteiger partial charge in [0.25, 0.3) is 0 Å². The van der Waals surface area contributed by atoms with Gasteiger partial charge < -0.3 is 0 Å². The van der Waals surface area contributed by atoms with Gasteiger partial charge in [0.2, 0.25) is 0 Å². The number of pyridine rings is 1. The Labute approximate surface area is 105 Å². The Bertz CT molecular complexity index is 546. The topological polar surface area (TPSA) is 30.0 Å². The zero-order valence-electron chi connectivity index (χ0n) is 10.4. The second-order valence-corrected chi connectivity index (χ2v) is 4.38. The zero-order valence-corrected chi connectivity index (χ0v) is 10.4. The first-order valence-corrected chi connectivity index (χ1v) is 5.79. The van der Waals surface area contributed by atoms with Crippen molar-refractivity contribution in [2.45, 2.75) is 19.8 Å². The summed E-state index contributed by atoms with van der Waals surface area (Å²) < 4.78 is 13.3. The largest absolute Gasteiger partial charge is 0.294 e. The van der Waals surface area contributed by atoms with Gasteiger partial charge in [-0.25, -0.2) is 4.39 Å². The molecule has 92 valence electrons. The van der Waals surface area contributed by atoms with Gasteiger partial charge in [-0.1, -0.05) is 6.92 Å². The number of hydrogen-bond acceptors (Lipinski definition) is 2. The van der Waals surface area contributed by atoms with E-state index in [0.29, 0.717) is 5.56 Å². The number of carbonyl (C=O) groups excluding carboxylic acids is 1. The van der Waals surface area contributed by atoms with Crippen molar-refractivity contribution in [3.05, 3.63) is 65.2 Å². The third kappa shape index (κ3) is 2.62. The van der Waals surface area contributed by atoms with Crippen LogP contribution in [-0.4, -0.2) is 10.8 Å². The third-order valence-corrected chi connectivity index (χ3v) is 2.93. The number of ketones is 1. The van der Waals surface area contributed by atoms with Crippen LogP contribution in [0.2, 0.25) is 0 Å². The van der Waals surface area contributed by atoms with Crippen LogP contribution < -0.4 is 0 Å². The van der Waals surface area contributed by atoms with Crippen molar-refractivity contribution in [1.82, 2.24) is 4.98 Å². The van der Waals surface area contributed by atoms with Crippen molar-refractivity contribution >= 4 is 5.78 Å². The summed E-state index contributed by atoms with van der Waals surface area (Å²) in [6.45, 7) is 3.59. The summed E-state index contributed by atoms with van der Waals surface area (Å²) in [5, 5.41) is 0. The van der Waals surface area contributed by atoms with Gasteiger partial charge in [0, 0.05) is 23.9 Å².